The summed E-state index contributed by atoms with van der Waals surface area (Å²) >= 11 is 0. The molecular formula is C25H18FN3O. The van der Waals surface area contributed by atoms with Gasteiger partial charge in [0.25, 0.3) is 5.91 Å². The number of carbonyl (C=O) groups excluding carboxylic acids is 1. The van der Waals surface area contributed by atoms with Crippen molar-refractivity contribution in [3.8, 4) is 11.3 Å². The molecule has 0 atom stereocenters. The molecule has 0 aliphatic carbocycles. The van der Waals surface area contributed by atoms with Crippen LogP contribution in [0.4, 0.5) is 4.39 Å². The predicted molar refractivity (Wildman–Crippen MR) is 117 cm³/mol. The molecule has 30 heavy (non-hydrogen) atoms. The van der Waals surface area contributed by atoms with Gasteiger partial charge >= 0.3 is 0 Å². The minimum absolute atomic E-state index is 0.274. The zero-order valence-electron chi connectivity index (χ0n) is 16.0. The fourth-order valence-electron chi connectivity index (χ4n) is 3.64. The van der Waals surface area contributed by atoms with Gasteiger partial charge in [-0.3, -0.25) is 4.79 Å². The Labute approximate surface area is 172 Å². The summed E-state index contributed by atoms with van der Waals surface area (Å²) in [5, 5.41) is 4.88. The summed E-state index contributed by atoms with van der Waals surface area (Å²) in [5.41, 5.74) is 4.72. The van der Waals surface area contributed by atoms with E-state index in [4.69, 9.17) is 0 Å². The highest BCUT2D eigenvalue weighted by molar-refractivity contribution is 6.13. The van der Waals surface area contributed by atoms with Crippen molar-refractivity contribution in [2.24, 2.45) is 0 Å². The molecule has 0 radical (unpaired) electrons. The number of rotatable bonds is 4. The molecule has 0 bridgehead atoms. The minimum atomic E-state index is -0.302. The van der Waals surface area contributed by atoms with Crippen LogP contribution >= 0.6 is 0 Å². The van der Waals surface area contributed by atoms with E-state index in [0.29, 0.717) is 12.2 Å². The highest BCUT2D eigenvalue weighted by Crippen LogP contribution is 2.32. The van der Waals surface area contributed by atoms with Crippen molar-refractivity contribution in [2.45, 2.75) is 6.54 Å². The van der Waals surface area contributed by atoms with E-state index in [1.54, 1.807) is 12.1 Å². The number of para-hydroxylation sites is 1. The van der Waals surface area contributed by atoms with E-state index in [2.05, 4.69) is 15.3 Å². The van der Waals surface area contributed by atoms with E-state index in [9.17, 15) is 9.18 Å². The zero-order valence-corrected chi connectivity index (χ0v) is 16.0. The summed E-state index contributed by atoms with van der Waals surface area (Å²) < 4.78 is 13.1. The molecular weight excluding hydrogens is 377 g/mol. The first-order chi connectivity index (χ1) is 14.7. The predicted octanol–water partition coefficient (Wildman–Crippen LogP) is 5.45. The quantitative estimate of drug-likeness (QED) is 0.425. The molecule has 0 unspecified atom stereocenters. The van der Waals surface area contributed by atoms with E-state index in [1.165, 1.54) is 12.1 Å². The first kappa shape index (κ1) is 18.1. The number of fused-ring (bicyclic) bond motifs is 3. The second kappa shape index (κ2) is 7.44. The lowest BCUT2D eigenvalue weighted by Gasteiger charge is -2.09. The van der Waals surface area contributed by atoms with Crippen molar-refractivity contribution in [2.75, 3.05) is 0 Å². The van der Waals surface area contributed by atoms with Gasteiger partial charge in [0.2, 0.25) is 0 Å². The number of H-pyrrole nitrogens is 1. The Bertz CT molecular complexity index is 1360. The van der Waals surface area contributed by atoms with Crippen molar-refractivity contribution >= 4 is 27.7 Å². The van der Waals surface area contributed by atoms with Gasteiger partial charge in [-0.05, 0) is 29.8 Å². The summed E-state index contributed by atoms with van der Waals surface area (Å²) in [6.07, 6.45) is 0. The molecule has 0 saturated heterocycles. The topological polar surface area (TPSA) is 57.8 Å². The van der Waals surface area contributed by atoms with Crippen LogP contribution in [0, 0.1) is 5.82 Å². The van der Waals surface area contributed by atoms with Gasteiger partial charge in [-0.1, -0.05) is 60.7 Å². The van der Waals surface area contributed by atoms with Crippen LogP contribution in [0.5, 0.6) is 0 Å². The molecule has 0 saturated carbocycles. The van der Waals surface area contributed by atoms with Crippen LogP contribution in [0.25, 0.3) is 33.1 Å². The van der Waals surface area contributed by atoms with Crippen molar-refractivity contribution in [1.29, 1.82) is 0 Å². The van der Waals surface area contributed by atoms with Crippen LogP contribution in [0.2, 0.25) is 0 Å². The standard InChI is InChI=1S/C25H18FN3O/c26-18-12-10-16(11-13-18)15-27-25(30)22-14-20-19-8-4-5-9-21(19)28-24(20)23(29-22)17-6-2-1-3-7-17/h1-14,28H,15H2,(H,27,30). The Morgan fingerprint density at radius 1 is 0.900 bits per heavy atom. The van der Waals surface area contributed by atoms with E-state index in [1.807, 2.05) is 60.7 Å². The molecule has 5 heteroatoms. The van der Waals surface area contributed by atoms with Gasteiger partial charge in [0.15, 0.2) is 0 Å². The Morgan fingerprint density at radius 2 is 1.63 bits per heavy atom. The van der Waals surface area contributed by atoms with Gasteiger partial charge in [-0.15, -0.1) is 0 Å². The van der Waals surface area contributed by atoms with Crippen molar-refractivity contribution in [1.82, 2.24) is 15.3 Å². The second-order valence-corrected chi connectivity index (χ2v) is 7.12. The number of amides is 1. The number of pyridine rings is 1. The second-order valence-electron chi connectivity index (χ2n) is 7.12. The molecule has 0 aliphatic heterocycles. The van der Waals surface area contributed by atoms with Crippen LogP contribution in [-0.4, -0.2) is 15.9 Å². The Hall–Kier alpha value is -3.99. The highest BCUT2D eigenvalue weighted by Gasteiger charge is 2.16. The highest BCUT2D eigenvalue weighted by atomic mass is 19.1. The van der Waals surface area contributed by atoms with E-state index in [-0.39, 0.29) is 11.7 Å². The number of aromatic nitrogens is 2. The Morgan fingerprint density at radius 3 is 2.43 bits per heavy atom. The number of nitrogens with one attached hydrogen (secondary N) is 2. The summed E-state index contributed by atoms with van der Waals surface area (Å²) in [6.45, 7) is 0.299. The fraction of sp³-hybridized carbons (Fsp3) is 0.0400. The number of hydrogen-bond acceptors (Lipinski definition) is 2. The maximum Gasteiger partial charge on any atom is 0.270 e. The SMILES string of the molecule is O=C(NCc1ccc(F)cc1)c1cc2c([nH]c3ccccc32)c(-c2ccccc2)n1. The molecule has 0 aliphatic rings. The van der Waals surface area contributed by atoms with Crippen molar-refractivity contribution in [3.63, 3.8) is 0 Å². The number of nitrogens with zero attached hydrogens (tertiary/aromatic N) is 1. The normalized spacial score (nSPS) is 11.1. The largest absolute Gasteiger partial charge is 0.353 e. The van der Waals surface area contributed by atoms with E-state index in [0.717, 1.165) is 38.6 Å². The summed E-state index contributed by atoms with van der Waals surface area (Å²) in [6, 6.07) is 25.7. The molecule has 2 heterocycles. The molecule has 2 aromatic heterocycles. The average molecular weight is 395 g/mol. The van der Waals surface area contributed by atoms with Gasteiger partial charge in [0, 0.05) is 28.4 Å². The van der Waals surface area contributed by atoms with Crippen LogP contribution in [0.3, 0.4) is 0 Å². The third-order valence-corrected chi connectivity index (χ3v) is 5.14. The van der Waals surface area contributed by atoms with Crippen LogP contribution in [-0.2, 0) is 6.54 Å². The third-order valence-electron chi connectivity index (χ3n) is 5.14. The lowest BCUT2D eigenvalue weighted by molar-refractivity contribution is 0.0946. The molecule has 2 N–H and O–H groups in total. The van der Waals surface area contributed by atoms with Crippen molar-refractivity contribution < 1.29 is 9.18 Å². The summed E-state index contributed by atoms with van der Waals surface area (Å²) in [7, 11) is 0. The first-order valence-electron chi connectivity index (χ1n) is 9.68. The monoisotopic (exact) mass is 395 g/mol. The van der Waals surface area contributed by atoms with Gasteiger partial charge in [-0.2, -0.15) is 0 Å². The van der Waals surface area contributed by atoms with E-state index < -0.39 is 0 Å². The number of hydrogen-bond donors (Lipinski definition) is 2. The fourth-order valence-corrected chi connectivity index (χ4v) is 3.64. The maximum atomic E-state index is 13.1. The number of halogens is 1. The Balaban J connectivity index is 1.58. The van der Waals surface area contributed by atoms with Gasteiger partial charge in [-0.25, -0.2) is 9.37 Å². The molecule has 3 aromatic carbocycles. The average Bonchev–Trinajstić information content (AvgIpc) is 3.17. The Kier molecular flexibility index (Phi) is 4.48. The minimum Gasteiger partial charge on any atom is -0.353 e. The van der Waals surface area contributed by atoms with E-state index >= 15 is 0 Å². The third kappa shape index (κ3) is 3.31. The molecule has 5 rings (SSSR count). The van der Waals surface area contributed by atoms with Crippen LogP contribution in [0.15, 0.2) is 84.9 Å². The smallest absolute Gasteiger partial charge is 0.270 e. The summed E-state index contributed by atoms with van der Waals surface area (Å²) in [4.78, 5) is 21.0. The molecule has 0 fully saturated rings. The van der Waals surface area contributed by atoms with Gasteiger partial charge in [0.05, 0.1) is 11.2 Å². The molecule has 5 aromatic rings. The van der Waals surface area contributed by atoms with Gasteiger partial charge < -0.3 is 10.3 Å². The first-order valence-corrected chi connectivity index (χ1v) is 9.68. The molecule has 146 valence electrons. The lowest BCUT2D eigenvalue weighted by atomic mass is 10.1. The number of benzene rings is 3. The van der Waals surface area contributed by atoms with Crippen LogP contribution in [0.1, 0.15) is 16.1 Å². The van der Waals surface area contributed by atoms with Crippen molar-refractivity contribution in [3.05, 3.63) is 102 Å². The molecule has 4 nitrogen and oxygen atoms in total. The number of carbonyl (C=O) groups is 1. The van der Waals surface area contributed by atoms with Crippen LogP contribution < -0.4 is 5.32 Å². The number of aromatic amines is 1. The maximum absolute atomic E-state index is 13.1. The lowest BCUT2D eigenvalue weighted by Crippen LogP contribution is -2.24. The van der Waals surface area contributed by atoms with Gasteiger partial charge in [0.1, 0.15) is 11.5 Å². The molecule has 0 spiro atoms. The zero-order chi connectivity index (χ0) is 20.5. The molecule has 1 amide bonds. The summed E-state index contributed by atoms with van der Waals surface area (Å²) in [5.74, 6) is -0.576.